The van der Waals surface area contributed by atoms with Crippen molar-refractivity contribution in [2.75, 3.05) is 19.0 Å². The van der Waals surface area contributed by atoms with E-state index in [0.29, 0.717) is 6.61 Å². The lowest BCUT2D eigenvalue weighted by atomic mass is 10.2. The zero-order valence-corrected chi connectivity index (χ0v) is 11.3. The largest absolute Gasteiger partial charge is 0.494 e. The van der Waals surface area contributed by atoms with Gasteiger partial charge in [-0.2, -0.15) is 0 Å². The minimum absolute atomic E-state index is 0.359. The molecular formula is C13H15BrO3. The van der Waals surface area contributed by atoms with Crippen LogP contribution < -0.4 is 4.74 Å². The quantitative estimate of drug-likeness (QED) is 0.350. The molecule has 0 aliphatic heterocycles. The summed E-state index contributed by atoms with van der Waals surface area (Å²) in [4.78, 5) is 10.9. The van der Waals surface area contributed by atoms with Gasteiger partial charge in [-0.05, 0) is 30.2 Å². The lowest BCUT2D eigenvalue weighted by Crippen LogP contribution is -1.97. The van der Waals surface area contributed by atoms with E-state index in [2.05, 4.69) is 20.7 Å². The predicted octanol–water partition coefficient (Wildman–Crippen LogP) is 3.04. The molecule has 3 nitrogen and oxygen atoms in total. The maximum Gasteiger partial charge on any atom is 0.330 e. The fourth-order valence-electron chi connectivity index (χ4n) is 1.15. The Labute approximate surface area is 110 Å². The van der Waals surface area contributed by atoms with Crippen molar-refractivity contribution in [1.82, 2.24) is 0 Å². The second kappa shape index (κ2) is 7.90. The third-order valence-electron chi connectivity index (χ3n) is 2.04. The van der Waals surface area contributed by atoms with Crippen LogP contribution in [0.3, 0.4) is 0 Å². The normalized spacial score (nSPS) is 10.5. The monoisotopic (exact) mass is 298 g/mol. The van der Waals surface area contributed by atoms with E-state index >= 15 is 0 Å². The van der Waals surface area contributed by atoms with Gasteiger partial charge in [0.25, 0.3) is 0 Å². The fraction of sp³-hybridized carbons (Fsp3) is 0.308. The highest BCUT2D eigenvalue weighted by Crippen LogP contribution is 2.13. The van der Waals surface area contributed by atoms with Crippen molar-refractivity contribution in [2.45, 2.75) is 6.42 Å². The molecule has 0 saturated heterocycles. The molecule has 0 atom stereocenters. The third kappa shape index (κ3) is 5.54. The smallest absolute Gasteiger partial charge is 0.330 e. The molecule has 0 N–H and O–H groups in total. The number of halogens is 1. The van der Waals surface area contributed by atoms with E-state index in [4.69, 9.17) is 4.74 Å². The van der Waals surface area contributed by atoms with E-state index in [0.717, 1.165) is 23.1 Å². The number of benzene rings is 1. The van der Waals surface area contributed by atoms with Gasteiger partial charge in [-0.25, -0.2) is 4.79 Å². The lowest BCUT2D eigenvalue weighted by Gasteiger charge is -2.04. The van der Waals surface area contributed by atoms with Crippen LogP contribution in [-0.2, 0) is 9.53 Å². The Kier molecular flexibility index (Phi) is 6.40. The predicted molar refractivity (Wildman–Crippen MR) is 71.4 cm³/mol. The van der Waals surface area contributed by atoms with Crippen LogP contribution in [0.2, 0.25) is 0 Å². The molecule has 1 aromatic rings. The van der Waals surface area contributed by atoms with Gasteiger partial charge in [0.1, 0.15) is 5.75 Å². The number of esters is 1. The third-order valence-corrected chi connectivity index (χ3v) is 2.60. The van der Waals surface area contributed by atoms with Gasteiger partial charge < -0.3 is 9.47 Å². The number of alkyl halides is 1. The number of ether oxygens (including phenoxy) is 2. The summed E-state index contributed by atoms with van der Waals surface area (Å²) in [6, 6.07) is 7.54. The highest BCUT2D eigenvalue weighted by Gasteiger charge is 1.95. The van der Waals surface area contributed by atoms with Crippen molar-refractivity contribution in [3.8, 4) is 5.75 Å². The van der Waals surface area contributed by atoms with Crippen LogP contribution in [0.1, 0.15) is 12.0 Å². The molecule has 0 unspecified atom stereocenters. The van der Waals surface area contributed by atoms with Crippen LogP contribution in [0.4, 0.5) is 0 Å². The van der Waals surface area contributed by atoms with Crippen LogP contribution in [0.25, 0.3) is 6.08 Å². The zero-order valence-electron chi connectivity index (χ0n) is 9.69. The molecule has 0 bridgehead atoms. The minimum Gasteiger partial charge on any atom is -0.494 e. The van der Waals surface area contributed by atoms with Gasteiger partial charge in [0.15, 0.2) is 0 Å². The molecule has 0 heterocycles. The van der Waals surface area contributed by atoms with Crippen molar-refractivity contribution in [3.05, 3.63) is 35.9 Å². The molecule has 0 aliphatic carbocycles. The van der Waals surface area contributed by atoms with Crippen LogP contribution in [0.15, 0.2) is 30.3 Å². The molecule has 0 amide bonds. The van der Waals surface area contributed by atoms with E-state index in [1.807, 2.05) is 24.3 Å². The molecule has 1 rings (SSSR count). The number of hydrogen-bond donors (Lipinski definition) is 0. The molecule has 0 aliphatic rings. The second-order valence-corrected chi connectivity index (χ2v) is 4.11. The lowest BCUT2D eigenvalue weighted by molar-refractivity contribution is -0.134. The topological polar surface area (TPSA) is 35.5 Å². The Morgan fingerprint density at radius 3 is 2.65 bits per heavy atom. The van der Waals surface area contributed by atoms with Crippen LogP contribution >= 0.6 is 15.9 Å². The summed E-state index contributed by atoms with van der Waals surface area (Å²) in [6.45, 7) is 0.697. The van der Waals surface area contributed by atoms with Crippen LogP contribution in [0, 0.1) is 0 Å². The molecule has 4 heteroatoms. The number of carbonyl (C=O) groups excluding carboxylic acids is 1. The van der Waals surface area contributed by atoms with Gasteiger partial charge >= 0.3 is 5.97 Å². The van der Waals surface area contributed by atoms with E-state index in [-0.39, 0.29) is 5.97 Å². The summed E-state index contributed by atoms with van der Waals surface area (Å²) in [6.07, 6.45) is 4.07. The Hall–Kier alpha value is -1.29. The second-order valence-electron chi connectivity index (χ2n) is 3.32. The average molecular weight is 299 g/mol. The molecule has 0 saturated carbocycles. The molecule has 1 aromatic carbocycles. The van der Waals surface area contributed by atoms with Crippen molar-refractivity contribution >= 4 is 28.0 Å². The first kappa shape index (κ1) is 13.8. The molecule has 0 fully saturated rings. The van der Waals surface area contributed by atoms with Gasteiger partial charge in [-0.1, -0.05) is 28.1 Å². The zero-order chi connectivity index (χ0) is 12.5. The van der Waals surface area contributed by atoms with Gasteiger partial charge in [-0.3, -0.25) is 0 Å². The van der Waals surface area contributed by atoms with Crippen molar-refractivity contribution in [3.63, 3.8) is 0 Å². The van der Waals surface area contributed by atoms with Gasteiger partial charge in [0, 0.05) is 11.4 Å². The maximum atomic E-state index is 10.9. The maximum absolute atomic E-state index is 10.9. The van der Waals surface area contributed by atoms with Crippen LogP contribution in [0.5, 0.6) is 5.75 Å². The average Bonchev–Trinajstić information content (AvgIpc) is 2.37. The summed E-state index contributed by atoms with van der Waals surface area (Å²) < 4.78 is 10.0. The molecular weight excluding hydrogens is 284 g/mol. The van der Waals surface area contributed by atoms with Gasteiger partial charge in [0.05, 0.1) is 13.7 Å². The fourth-order valence-corrected chi connectivity index (χ4v) is 1.38. The number of carbonyl (C=O) groups is 1. The Morgan fingerprint density at radius 1 is 1.35 bits per heavy atom. The molecule has 92 valence electrons. The van der Waals surface area contributed by atoms with E-state index in [1.165, 1.54) is 13.2 Å². The van der Waals surface area contributed by atoms with Crippen molar-refractivity contribution < 1.29 is 14.3 Å². The van der Waals surface area contributed by atoms with Gasteiger partial charge in [0.2, 0.25) is 0 Å². The summed E-state index contributed by atoms with van der Waals surface area (Å²) in [5, 5.41) is 0.937. The minimum atomic E-state index is -0.359. The van der Waals surface area contributed by atoms with Crippen molar-refractivity contribution in [1.29, 1.82) is 0 Å². The summed E-state index contributed by atoms with van der Waals surface area (Å²) in [5.41, 5.74) is 0.934. The Bertz CT molecular complexity index is 371. The number of rotatable bonds is 6. The first-order valence-electron chi connectivity index (χ1n) is 5.31. The van der Waals surface area contributed by atoms with E-state index < -0.39 is 0 Å². The molecule has 0 radical (unpaired) electrons. The highest BCUT2D eigenvalue weighted by atomic mass is 79.9. The first-order chi connectivity index (χ1) is 8.26. The summed E-state index contributed by atoms with van der Waals surface area (Å²) >= 11 is 3.34. The SMILES string of the molecule is COC(=O)/C=C/c1ccc(OCCCBr)cc1. The Morgan fingerprint density at radius 2 is 2.06 bits per heavy atom. The standard InChI is InChI=1S/C13H15BrO3/c1-16-13(15)8-5-11-3-6-12(7-4-11)17-10-2-9-14/h3-8H,2,9-10H2,1H3/b8-5+. The summed E-state index contributed by atoms with van der Waals surface area (Å²) in [5.74, 6) is 0.476. The van der Waals surface area contributed by atoms with E-state index in [9.17, 15) is 4.79 Å². The number of hydrogen-bond acceptors (Lipinski definition) is 3. The van der Waals surface area contributed by atoms with Crippen molar-refractivity contribution in [2.24, 2.45) is 0 Å². The Balaban J connectivity index is 2.50. The molecule has 0 spiro atoms. The first-order valence-corrected chi connectivity index (χ1v) is 6.43. The highest BCUT2D eigenvalue weighted by molar-refractivity contribution is 9.09. The number of methoxy groups -OCH3 is 1. The van der Waals surface area contributed by atoms with Gasteiger partial charge in [-0.15, -0.1) is 0 Å². The summed E-state index contributed by atoms with van der Waals surface area (Å²) in [7, 11) is 1.35. The van der Waals surface area contributed by atoms with Crippen LogP contribution in [-0.4, -0.2) is 25.0 Å². The molecule has 0 aromatic heterocycles. The molecule has 17 heavy (non-hydrogen) atoms. The van der Waals surface area contributed by atoms with E-state index in [1.54, 1.807) is 6.08 Å².